The Kier molecular flexibility index (Phi) is 3.11. The molecule has 20 heavy (non-hydrogen) atoms. The van der Waals surface area contributed by atoms with Crippen molar-refractivity contribution in [2.24, 2.45) is 0 Å². The molecule has 0 saturated heterocycles. The number of benzene rings is 1. The predicted octanol–water partition coefficient (Wildman–Crippen LogP) is 2.36. The summed E-state index contributed by atoms with van der Waals surface area (Å²) in [5, 5.41) is 7.92. The Bertz CT molecular complexity index is 729. The van der Waals surface area contributed by atoms with Crippen molar-refractivity contribution in [3.8, 4) is 5.75 Å². The largest absolute Gasteiger partial charge is 0.497 e. The van der Waals surface area contributed by atoms with Crippen molar-refractivity contribution in [1.29, 1.82) is 0 Å². The van der Waals surface area contributed by atoms with Gasteiger partial charge in [0.05, 0.1) is 13.3 Å². The van der Waals surface area contributed by atoms with Crippen LogP contribution in [0.15, 0.2) is 30.5 Å². The molecular weight excluding hydrogens is 276 g/mol. The molecule has 3 rings (SSSR count). The molecule has 0 unspecified atom stereocenters. The lowest BCUT2D eigenvalue weighted by Crippen LogP contribution is -2.12. The molecule has 0 aliphatic carbocycles. The predicted molar refractivity (Wildman–Crippen MR) is 76.5 cm³/mol. The third-order valence-corrected chi connectivity index (χ3v) is 3.56. The number of carbonyl (C=O) groups is 1. The lowest BCUT2D eigenvalue weighted by molar-refractivity contribution is 0.102. The fraction of sp³-hybridized carbons (Fsp3) is 0.154. The molecule has 1 N–H and O–H groups in total. The summed E-state index contributed by atoms with van der Waals surface area (Å²) < 4.78 is 6.68. The molecular formula is C13H12N4O2S. The molecule has 2 heterocycles. The summed E-state index contributed by atoms with van der Waals surface area (Å²) in [5.74, 6) is 0.482. The molecule has 0 saturated carbocycles. The van der Waals surface area contributed by atoms with Crippen LogP contribution in [0.25, 0.3) is 4.96 Å². The molecule has 102 valence electrons. The smallest absolute Gasteiger partial charge is 0.275 e. The Morgan fingerprint density at radius 2 is 2.10 bits per heavy atom. The number of methoxy groups -OCH3 is 1. The standard InChI is InChI=1S/C13H12N4O2S/c1-8-16-17-7-11(15-13(17)20-8)12(18)14-9-3-5-10(19-2)6-4-9/h3-7H,1-2H3,(H,14,18). The zero-order valence-electron chi connectivity index (χ0n) is 11.0. The highest BCUT2D eigenvalue weighted by atomic mass is 32.1. The summed E-state index contributed by atoms with van der Waals surface area (Å²) in [6, 6.07) is 7.12. The Labute approximate surface area is 119 Å². The Balaban J connectivity index is 1.78. The average Bonchev–Trinajstić information content (AvgIpc) is 2.96. The minimum atomic E-state index is -0.259. The topological polar surface area (TPSA) is 68.5 Å². The molecule has 0 atom stereocenters. The molecule has 2 aromatic heterocycles. The lowest BCUT2D eigenvalue weighted by Gasteiger charge is -2.04. The zero-order chi connectivity index (χ0) is 14.1. The molecule has 3 aromatic rings. The summed E-state index contributed by atoms with van der Waals surface area (Å²) in [6.07, 6.45) is 1.62. The van der Waals surface area contributed by atoms with Crippen molar-refractivity contribution in [3.63, 3.8) is 0 Å². The fourth-order valence-electron chi connectivity index (χ4n) is 1.78. The van der Waals surface area contributed by atoms with Gasteiger partial charge in [-0.3, -0.25) is 4.79 Å². The minimum Gasteiger partial charge on any atom is -0.497 e. The lowest BCUT2D eigenvalue weighted by atomic mass is 10.3. The second-order valence-corrected chi connectivity index (χ2v) is 5.32. The molecule has 0 radical (unpaired) electrons. The van der Waals surface area contributed by atoms with Gasteiger partial charge in [0.2, 0.25) is 4.96 Å². The third-order valence-electron chi connectivity index (χ3n) is 2.72. The quantitative estimate of drug-likeness (QED) is 0.803. The number of fused-ring (bicyclic) bond motifs is 1. The van der Waals surface area contributed by atoms with Crippen molar-refractivity contribution in [1.82, 2.24) is 14.6 Å². The van der Waals surface area contributed by atoms with Crippen LogP contribution in [0.4, 0.5) is 5.69 Å². The van der Waals surface area contributed by atoms with Crippen LogP contribution in [0.2, 0.25) is 0 Å². The number of nitrogens with zero attached hydrogens (tertiary/aromatic N) is 3. The van der Waals surface area contributed by atoms with E-state index in [9.17, 15) is 4.79 Å². The van der Waals surface area contributed by atoms with Crippen molar-refractivity contribution < 1.29 is 9.53 Å². The van der Waals surface area contributed by atoms with Crippen LogP contribution in [0.3, 0.4) is 0 Å². The van der Waals surface area contributed by atoms with Gasteiger partial charge in [0.1, 0.15) is 16.5 Å². The number of nitrogens with one attached hydrogen (secondary N) is 1. The van der Waals surface area contributed by atoms with Gasteiger partial charge in [-0.1, -0.05) is 11.3 Å². The van der Waals surface area contributed by atoms with Gasteiger partial charge in [-0.05, 0) is 31.2 Å². The van der Waals surface area contributed by atoms with Crippen LogP contribution in [0.1, 0.15) is 15.5 Å². The molecule has 1 amide bonds. The zero-order valence-corrected chi connectivity index (χ0v) is 11.8. The molecule has 7 heteroatoms. The number of aryl methyl sites for hydroxylation is 1. The maximum absolute atomic E-state index is 12.1. The van der Waals surface area contributed by atoms with Crippen LogP contribution < -0.4 is 10.1 Å². The number of hydrogen-bond donors (Lipinski definition) is 1. The Morgan fingerprint density at radius 1 is 1.35 bits per heavy atom. The van der Waals surface area contributed by atoms with Crippen LogP contribution in [-0.4, -0.2) is 27.6 Å². The van der Waals surface area contributed by atoms with E-state index >= 15 is 0 Å². The molecule has 6 nitrogen and oxygen atoms in total. The molecule has 0 spiro atoms. The molecule has 0 aliphatic rings. The second kappa shape index (κ2) is 4.93. The highest BCUT2D eigenvalue weighted by molar-refractivity contribution is 7.16. The fourth-order valence-corrected chi connectivity index (χ4v) is 2.50. The van der Waals surface area contributed by atoms with E-state index in [1.165, 1.54) is 11.3 Å². The molecule has 1 aromatic carbocycles. The van der Waals surface area contributed by atoms with E-state index in [0.717, 1.165) is 10.8 Å². The van der Waals surface area contributed by atoms with Gasteiger partial charge >= 0.3 is 0 Å². The number of rotatable bonds is 3. The summed E-state index contributed by atoms with van der Waals surface area (Å²) in [5.41, 5.74) is 1.04. The van der Waals surface area contributed by atoms with Gasteiger partial charge in [-0.25, -0.2) is 9.50 Å². The van der Waals surface area contributed by atoms with Crippen LogP contribution in [0, 0.1) is 6.92 Å². The van der Waals surface area contributed by atoms with Gasteiger partial charge in [0, 0.05) is 5.69 Å². The van der Waals surface area contributed by atoms with E-state index in [2.05, 4.69) is 15.4 Å². The number of hydrogen-bond acceptors (Lipinski definition) is 5. The van der Waals surface area contributed by atoms with Gasteiger partial charge in [0.15, 0.2) is 0 Å². The van der Waals surface area contributed by atoms with Crippen molar-refractivity contribution in [2.45, 2.75) is 6.92 Å². The van der Waals surface area contributed by atoms with E-state index in [0.29, 0.717) is 16.3 Å². The molecule has 0 fully saturated rings. The number of ether oxygens (including phenoxy) is 1. The van der Waals surface area contributed by atoms with E-state index in [1.807, 2.05) is 6.92 Å². The van der Waals surface area contributed by atoms with Crippen molar-refractivity contribution in [3.05, 3.63) is 41.2 Å². The number of amides is 1. The van der Waals surface area contributed by atoms with Gasteiger partial charge in [-0.15, -0.1) is 0 Å². The van der Waals surface area contributed by atoms with Crippen molar-refractivity contribution >= 4 is 27.9 Å². The van der Waals surface area contributed by atoms with Gasteiger partial charge in [-0.2, -0.15) is 5.10 Å². The number of anilines is 1. The first-order valence-corrected chi connectivity index (χ1v) is 6.75. The van der Waals surface area contributed by atoms with E-state index < -0.39 is 0 Å². The normalized spacial score (nSPS) is 10.7. The van der Waals surface area contributed by atoms with Gasteiger partial charge in [0.25, 0.3) is 5.91 Å². The van der Waals surface area contributed by atoms with E-state index in [1.54, 1.807) is 42.1 Å². The first-order valence-electron chi connectivity index (χ1n) is 5.94. The maximum atomic E-state index is 12.1. The summed E-state index contributed by atoms with van der Waals surface area (Å²) in [6.45, 7) is 1.90. The molecule has 0 aliphatic heterocycles. The minimum absolute atomic E-state index is 0.259. The highest BCUT2D eigenvalue weighted by Crippen LogP contribution is 2.17. The SMILES string of the molecule is COc1ccc(NC(=O)c2cn3nc(C)sc3n2)cc1. The first kappa shape index (κ1) is 12.6. The number of carbonyl (C=O) groups excluding carboxylic acids is 1. The Hall–Kier alpha value is -2.41. The summed E-state index contributed by atoms with van der Waals surface area (Å²) in [4.78, 5) is 17.0. The number of imidazole rings is 1. The Morgan fingerprint density at radius 3 is 2.75 bits per heavy atom. The third kappa shape index (κ3) is 2.35. The molecule has 0 bridgehead atoms. The monoisotopic (exact) mass is 288 g/mol. The highest BCUT2D eigenvalue weighted by Gasteiger charge is 2.13. The van der Waals surface area contributed by atoms with Crippen LogP contribution >= 0.6 is 11.3 Å². The average molecular weight is 288 g/mol. The van der Waals surface area contributed by atoms with Crippen LogP contribution in [0.5, 0.6) is 5.75 Å². The second-order valence-electron chi connectivity index (χ2n) is 4.16. The number of aromatic nitrogens is 3. The van der Waals surface area contributed by atoms with Gasteiger partial charge < -0.3 is 10.1 Å². The van der Waals surface area contributed by atoms with E-state index in [4.69, 9.17) is 4.74 Å². The van der Waals surface area contributed by atoms with E-state index in [-0.39, 0.29) is 5.91 Å². The maximum Gasteiger partial charge on any atom is 0.275 e. The van der Waals surface area contributed by atoms with Crippen molar-refractivity contribution in [2.75, 3.05) is 12.4 Å². The van der Waals surface area contributed by atoms with Crippen LogP contribution in [-0.2, 0) is 0 Å². The summed E-state index contributed by atoms with van der Waals surface area (Å²) >= 11 is 1.45. The first-order chi connectivity index (χ1) is 9.65. The summed E-state index contributed by atoms with van der Waals surface area (Å²) in [7, 11) is 1.60.